The predicted octanol–water partition coefficient (Wildman–Crippen LogP) is 1.82. The highest BCUT2D eigenvalue weighted by atomic mass is 35.5. The van der Waals surface area contributed by atoms with Crippen LogP contribution in [0.5, 0.6) is 17.2 Å². The molecule has 1 heterocycles. The third-order valence-electron chi connectivity index (χ3n) is 3.33. The Kier molecular flexibility index (Phi) is 7.31. The fraction of sp³-hybridized carbons (Fsp3) is 0.500. The van der Waals surface area contributed by atoms with Crippen LogP contribution < -0.4 is 24.8 Å². The number of halogens is 3. The Balaban J connectivity index is 0.00000264. The molecule has 1 aromatic carbocycles. The average molecular weight is 353 g/mol. The predicted molar refractivity (Wildman–Crippen MR) is 82.2 cm³/mol. The number of nitrogens with one attached hydrogen (secondary N) is 2. The van der Waals surface area contributed by atoms with E-state index in [0.717, 1.165) is 13.0 Å². The molecular weight excluding hydrogens is 334 g/mol. The molecule has 0 spiro atoms. The van der Waals surface area contributed by atoms with Gasteiger partial charge in [0.15, 0.2) is 11.5 Å². The second-order valence-corrected chi connectivity index (χ2v) is 4.75. The van der Waals surface area contributed by atoms with Gasteiger partial charge in [-0.05, 0) is 25.1 Å². The van der Waals surface area contributed by atoms with Crippen LogP contribution in [0.4, 0.5) is 8.78 Å². The summed E-state index contributed by atoms with van der Waals surface area (Å²) in [6.07, 6.45) is 0.840. The van der Waals surface area contributed by atoms with Gasteiger partial charge in [0.1, 0.15) is 0 Å². The van der Waals surface area contributed by atoms with Gasteiger partial charge in [0.25, 0.3) is 5.91 Å². The smallest absolute Gasteiger partial charge is 0.387 e. The molecule has 2 rings (SSSR count). The lowest BCUT2D eigenvalue weighted by atomic mass is 10.1. The van der Waals surface area contributed by atoms with E-state index in [-0.39, 0.29) is 47.2 Å². The molecule has 23 heavy (non-hydrogen) atoms. The van der Waals surface area contributed by atoms with Crippen molar-refractivity contribution in [3.05, 3.63) is 17.7 Å². The lowest BCUT2D eigenvalue weighted by Crippen LogP contribution is -2.36. The van der Waals surface area contributed by atoms with E-state index in [0.29, 0.717) is 6.54 Å². The largest absolute Gasteiger partial charge is 0.493 e. The van der Waals surface area contributed by atoms with Crippen LogP contribution in [0.2, 0.25) is 0 Å². The number of amides is 1. The van der Waals surface area contributed by atoms with Gasteiger partial charge in [0.05, 0.1) is 14.2 Å². The van der Waals surface area contributed by atoms with E-state index in [1.54, 1.807) is 0 Å². The minimum absolute atomic E-state index is 0. The third kappa shape index (κ3) is 4.84. The Bertz CT molecular complexity index is 515. The maximum absolute atomic E-state index is 12.5. The van der Waals surface area contributed by atoms with Crippen molar-refractivity contribution < 1.29 is 27.8 Å². The van der Waals surface area contributed by atoms with Gasteiger partial charge in [-0.15, -0.1) is 12.4 Å². The van der Waals surface area contributed by atoms with Crippen LogP contribution in [-0.4, -0.2) is 45.9 Å². The van der Waals surface area contributed by atoms with E-state index in [4.69, 9.17) is 9.47 Å². The molecule has 1 atom stereocenters. The average Bonchev–Trinajstić information content (AvgIpc) is 2.99. The summed E-state index contributed by atoms with van der Waals surface area (Å²) in [5.74, 6) is -0.545. The molecule has 0 radical (unpaired) electrons. The number of alkyl halides is 2. The minimum Gasteiger partial charge on any atom is -0.493 e. The molecule has 6 nitrogen and oxygen atoms in total. The first-order valence-corrected chi connectivity index (χ1v) is 6.77. The lowest BCUT2D eigenvalue weighted by Gasteiger charge is -2.16. The van der Waals surface area contributed by atoms with Crippen LogP contribution in [0.3, 0.4) is 0 Å². The first-order chi connectivity index (χ1) is 10.5. The summed E-state index contributed by atoms with van der Waals surface area (Å²) in [5.41, 5.74) is 0.252. The first kappa shape index (κ1) is 19.2. The maximum atomic E-state index is 12.5. The molecule has 0 aromatic heterocycles. The highest BCUT2D eigenvalue weighted by molar-refractivity contribution is 5.95. The number of benzene rings is 1. The standard InChI is InChI=1S/C14H18F2N2O4.ClH/c1-20-10-5-8(13(19)18-9-3-4-17-7-9)6-11(21-2)12(10)22-14(15)16;/h5-6,9,14,17H,3-4,7H2,1-2H3,(H,18,19);1H. The summed E-state index contributed by atoms with van der Waals surface area (Å²) < 4.78 is 39.4. The Morgan fingerprint density at radius 1 is 1.30 bits per heavy atom. The normalized spacial score (nSPS) is 16.7. The van der Waals surface area contributed by atoms with Gasteiger partial charge in [0, 0.05) is 18.2 Å². The maximum Gasteiger partial charge on any atom is 0.387 e. The highest BCUT2D eigenvalue weighted by Gasteiger charge is 2.22. The van der Waals surface area contributed by atoms with Crippen molar-refractivity contribution in [2.24, 2.45) is 0 Å². The third-order valence-corrected chi connectivity index (χ3v) is 3.33. The van der Waals surface area contributed by atoms with Crippen molar-refractivity contribution in [2.45, 2.75) is 19.1 Å². The number of rotatable bonds is 6. The van der Waals surface area contributed by atoms with E-state index in [1.807, 2.05) is 0 Å². The van der Waals surface area contributed by atoms with Crippen LogP contribution in [0.25, 0.3) is 0 Å². The summed E-state index contributed by atoms with van der Waals surface area (Å²) in [5, 5.41) is 5.99. The summed E-state index contributed by atoms with van der Waals surface area (Å²) in [4.78, 5) is 12.2. The van der Waals surface area contributed by atoms with Gasteiger partial charge in [-0.2, -0.15) is 8.78 Å². The van der Waals surface area contributed by atoms with Crippen LogP contribution >= 0.6 is 12.4 Å². The van der Waals surface area contributed by atoms with Crippen molar-refractivity contribution in [3.8, 4) is 17.2 Å². The van der Waals surface area contributed by atoms with Gasteiger partial charge < -0.3 is 24.8 Å². The molecule has 0 aliphatic carbocycles. The monoisotopic (exact) mass is 352 g/mol. The molecular formula is C14H19ClF2N2O4. The van der Waals surface area contributed by atoms with Gasteiger partial charge in [0.2, 0.25) is 5.75 Å². The Morgan fingerprint density at radius 3 is 2.35 bits per heavy atom. The van der Waals surface area contributed by atoms with Crippen LogP contribution in [0, 0.1) is 0 Å². The molecule has 2 N–H and O–H groups in total. The molecule has 1 aliphatic heterocycles. The SMILES string of the molecule is COc1cc(C(=O)NC2CCNC2)cc(OC)c1OC(F)F.Cl. The van der Waals surface area contributed by atoms with Gasteiger partial charge >= 0.3 is 6.61 Å². The molecule has 0 bridgehead atoms. The van der Waals surface area contributed by atoms with E-state index < -0.39 is 6.61 Å². The van der Waals surface area contributed by atoms with Crippen molar-refractivity contribution in [1.82, 2.24) is 10.6 Å². The van der Waals surface area contributed by atoms with Crippen molar-refractivity contribution in [2.75, 3.05) is 27.3 Å². The molecule has 1 unspecified atom stereocenters. The quantitative estimate of drug-likeness (QED) is 0.817. The Morgan fingerprint density at radius 2 is 1.91 bits per heavy atom. The van der Waals surface area contributed by atoms with E-state index in [9.17, 15) is 13.6 Å². The Hall–Kier alpha value is -1.80. The van der Waals surface area contributed by atoms with Crippen LogP contribution in [0.1, 0.15) is 16.8 Å². The highest BCUT2D eigenvalue weighted by Crippen LogP contribution is 2.39. The molecule has 0 saturated carbocycles. The summed E-state index contributed by atoms with van der Waals surface area (Å²) in [7, 11) is 2.60. The summed E-state index contributed by atoms with van der Waals surface area (Å²) >= 11 is 0. The molecule has 1 amide bonds. The van der Waals surface area contributed by atoms with Gasteiger partial charge in [-0.3, -0.25) is 4.79 Å². The van der Waals surface area contributed by atoms with Crippen molar-refractivity contribution in [3.63, 3.8) is 0 Å². The number of carbonyl (C=O) groups excluding carboxylic acids is 1. The van der Waals surface area contributed by atoms with Crippen molar-refractivity contribution >= 4 is 18.3 Å². The first-order valence-electron chi connectivity index (χ1n) is 6.77. The number of ether oxygens (including phenoxy) is 3. The number of hydrogen-bond donors (Lipinski definition) is 2. The second kappa shape index (κ2) is 8.73. The zero-order valence-corrected chi connectivity index (χ0v) is 13.5. The fourth-order valence-corrected chi connectivity index (χ4v) is 2.26. The molecule has 9 heteroatoms. The van der Waals surface area contributed by atoms with Crippen molar-refractivity contribution in [1.29, 1.82) is 0 Å². The number of hydrogen-bond acceptors (Lipinski definition) is 5. The zero-order valence-electron chi connectivity index (χ0n) is 12.7. The Labute approximate surface area is 138 Å². The van der Waals surface area contributed by atoms with Crippen LogP contribution in [0.15, 0.2) is 12.1 Å². The molecule has 1 aliphatic rings. The topological polar surface area (TPSA) is 68.8 Å². The molecule has 1 aromatic rings. The van der Waals surface area contributed by atoms with E-state index >= 15 is 0 Å². The molecule has 1 saturated heterocycles. The van der Waals surface area contributed by atoms with Gasteiger partial charge in [-0.1, -0.05) is 0 Å². The summed E-state index contributed by atoms with van der Waals surface area (Å²) in [6.45, 7) is -1.47. The zero-order chi connectivity index (χ0) is 16.1. The lowest BCUT2D eigenvalue weighted by molar-refractivity contribution is -0.0526. The van der Waals surface area contributed by atoms with Gasteiger partial charge in [-0.25, -0.2) is 0 Å². The molecule has 130 valence electrons. The number of methoxy groups -OCH3 is 2. The summed E-state index contributed by atoms with van der Waals surface area (Å²) in [6, 6.07) is 2.73. The van der Waals surface area contributed by atoms with Crippen LogP contribution in [-0.2, 0) is 0 Å². The number of carbonyl (C=O) groups is 1. The van der Waals surface area contributed by atoms with E-state index in [1.165, 1.54) is 26.4 Å². The fourth-order valence-electron chi connectivity index (χ4n) is 2.26. The minimum atomic E-state index is -3.02. The molecule has 1 fully saturated rings. The van der Waals surface area contributed by atoms with E-state index in [2.05, 4.69) is 15.4 Å². The second-order valence-electron chi connectivity index (χ2n) is 4.75.